The molecule has 0 atom stereocenters. The third-order valence-corrected chi connectivity index (χ3v) is 7.06. The second-order valence-corrected chi connectivity index (χ2v) is 10.6. The van der Waals surface area contributed by atoms with Gasteiger partial charge >= 0.3 is 0 Å². The number of carbonyl (C=O) groups is 1. The first kappa shape index (κ1) is 25.8. The molecule has 1 aliphatic rings. The fourth-order valence-corrected chi connectivity index (χ4v) is 5.14. The molecule has 6 heteroatoms. The summed E-state index contributed by atoms with van der Waals surface area (Å²) in [4.78, 5) is 15.5. The van der Waals surface area contributed by atoms with Gasteiger partial charge in [-0.15, -0.1) is 0 Å². The van der Waals surface area contributed by atoms with Gasteiger partial charge in [-0.3, -0.25) is 4.79 Å². The van der Waals surface area contributed by atoms with E-state index in [-0.39, 0.29) is 29.4 Å². The summed E-state index contributed by atoms with van der Waals surface area (Å²) in [7, 11) is 4.10. The quantitative estimate of drug-likeness (QED) is 0.370. The Bertz CT molecular complexity index is 1190. The minimum Gasteiger partial charge on any atom is -0.508 e. The van der Waals surface area contributed by atoms with Gasteiger partial charge in [0.15, 0.2) is 0 Å². The summed E-state index contributed by atoms with van der Waals surface area (Å²) in [6.45, 7) is 5.37. The molecule has 1 heterocycles. The first-order valence-corrected chi connectivity index (χ1v) is 13.0. The molecule has 4 rings (SSSR count). The summed E-state index contributed by atoms with van der Waals surface area (Å²) in [5.41, 5.74) is 5.00. The van der Waals surface area contributed by atoms with E-state index >= 15 is 0 Å². The highest BCUT2D eigenvalue weighted by molar-refractivity contribution is 5.94. The molecule has 0 saturated heterocycles. The van der Waals surface area contributed by atoms with Crippen LogP contribution in [0.15, 0.2) is 48.5 Å². The molecule has 3 aromatic rings. The molecule has 36 heavy (non-hydrogen) atoms. The first-order chi connectivity index (χ1) is 17.2. The van der Waals surface area contributed by atoms with Crippen LogP contribution in [0, 0.1) is 0 Å². The van der Waals surface area contributed by atoms with Gasteiger partial charge in [-0.1, -0.05) is 57.4 Å². The smallest absolute Gasteiger partial charge is 0.268 e. The van der Waals surface area contributed by atoms with Crippen LogP contribution in [0.3, 0.4) is 0 Å². The maximum absolute atomic E-state index is 13.4. The van der Waals surface area contributed by atoms with Crippen molar-refractivity contribution in [3.05, 3.63) is 70.9 Å². The zero-order valence-corrected chi connectivity index (χ0v) is 21.9. The van der Waals surface area contributed by atoms with Gasteiger partial charge in [-0.05, 0) is 67.7 Å². The standard InChI is InChI=1S/C30H39N3O3/c1-20(2)24-16-25(29(35)17-28(24)34)26-14-15-27(30(36)31-23-8-6-5-7-9-23)33(26)19-22-12-10-21(11-13-22)18-32(3)4/h10-17,20,23,34-35H,5-9,18-19H2,1-4H3,(H,31,36). The largest absolute Gasteiger partial charge is 0.508 e. The average Bonchev–Trinajstić information content (AvgIpc) is 3.24. The van der Waals surface area contributed by atoms with Crippen molar-refractivity contribution >= 4 is 5.91 Å². The second-order valence-electron chi connectivity index (χ2n) is 10.6. The number of rotatable bonds is 8. The SMILES string of the molecule is CC(C)c1cc(-c2ccc(C(=O)NC3CCCCC3)n2Cc2ccc(CN(C)C)cc2)c(O)cc1O. The van der Waals surface area contributed by atoms with Gasteiger partial charge in [-0.2, -0.15) is 0 Å². The monoisotopic (exact) mass is 489 g/mol. The second kappa shape index (κ2) is 11.2. The normalized spacial score (nSPS) is 14.5. The van der Waals surface area contributed by atoms with Crippen LogP contribution in [0.5, 0.6) is 11.5 Å². The van der Waals surface area contributed by atoms with Crippen LogP contribution in [-0.2, 0) is 13.1 Å². The van der Waals surface area contributed by atoms with E-state index in [0.29, 0.717) is 17.8 Å². The molecule has 3 N–H and O–H groups in total. The van der Waals surface area contributed by atoms with Crippen LogP contribution < -0.4 is 5.32 Å². The predicted octanol–water partition coefficient (Wildman–Crippen LogP) is 5.86. The summed E-state index contributed by atoms with van der Waals surface area (Å²) in [5.74, 6) is 0.0822. The Balaban J connectivity index is 1.72. The van der Waals surface area contributed by atoms with E-state index in [0.717, 1.165) is 49.0 Å². The van der Waals surface area contributed by atoms with Crippen molar-refractivity contribution in [3.8, 4) is 22.8 Å². The Morgan fingerprint density at radius 2 is 1.64 bits per heavy atom. The van der Waals surface area contributed by atoms with Gasteiger partial charge in [0.25, 0.3) is 5.91 Å². The summed E-state index contributed by atoms with van der Waals surface area (Å²) < 4.78 is 1.98. The molecule has 0 bridgehead atoms. The average molecular weight is 490 g/mol. The number of phenolic OH excluding ortho intramolecular Hbond substituents is 2. The molecule has 1 saturated carbocycles. The zero-order chi connectivity index (χ0) is 25.8. The summed E-state index contributed by atoms with van der Waals surface area (Å²) >= 11 is 0. The molecule has 6 nitrogen and oxygen atoms in total. The van der Waals surface area contributed by atoms with Crippen molar-refractivity contribution in [2.45, 2.75) is 71.0 Å². The fraction of sp³-hybridized carbons (Fsp3) is 0.433. The minimum atomic E-state index is -0.0836. The van der Waals surface area contributed by atoms with Crippen LogP contribution >= 0.6 is 0 Å². The van der Waals surface area contributed by atoms with E-state index in [1.165, 1.54) is 18.1 Å². The van der Waals surface area contributed by atoms with Crippen molar-refractivity contribution in [1.82, 2.24) is 14.8 Å². The van der Waals surface area contributed by atoms with Crippen molar-refractivity contribution in [1.29, 1.82) is 0 Å². The molecule has 0 spiro atoms. The number of aromatic nitrogens is 1. The number of benzene rings is 2. The molecule has 0 radical (unpaired) electrons. The van der Waals surface area contributed by atoms with Crippen LogP contribution in [0.25, 0.3) is 11.3 Å². The third kappa shape index (κ3) is 5.93. The highest BCUT2D eigenvalue weighted by Crippen LogP contribution is 2.39. The van der Waals surface area contributed by atoms with Gasteiger partial charge in [0.1, 0.15) is 17.2 Å². The number of phenols is 2. The molecule has 1 amide bonds. The molecular weight excluding hydrogens is 450 g/mol. The van der Waals surface area contributed by atoms with Crippen LogP contribution in [0.4, 0.5) is 0 Å². The summed E-state index contributed by atoms with van der Waals surface area (Å²) in [5, 5.41) is 24.4. The van der Waals surface area contributed by atoms with Gasteiger partial charge < -0.3 is 25.0 Å². The Labute approximate surface area is 214 Å². The van der Waals surface area contributed by atoms with Gasteiger partial charge in [0.05, 0.1) is 5.69 Å². The van der Waals surface area contributed by atoms with Crippen molar-refractivity contribution in [2.24, 2.45) is 0 Å². The Kier molecular flexibility index (Phi) is 8.04. The third-order valence-electron chi connectivity index (χ3n) is 7.06. The lowest BCUT2D eigenvalue weighted by Gasteiger charge is -2.23. The van der Waals surface area contributed by atoms with Crippen LogP contribution in [0.1, 0.15) is 79.0 Å². The number of hydrogen-bond acceptors (Lipinski definition) is 4. The van der Waals surface area contributed by atoms with Crippen molar-refractivity contribution < 1.29 is 15.0 Å². The van der Waals surface area contributed by atoms with Gasteiger partial charge in [-0.25, -0.2) is 0 Å². The summed E-state index contributed by atoms with van der Waals surface area (Å²) in [6.07, 6.45) is 5.56. The van der Waals surface area contributed by atoms with Crippen LogP contribution in [0.2, 0.25) is 0 Å². The van der Waals surface area contributed by atoms with E-state index in [4.69, 9.17) is 0 Å². The van der Waals surface area contributed by atoms with Crippen molar-refractivity contribution in [3.63, 3.8) is 0 Å². The maximum Gasteiger partial charge on any atom is 0.268 e. The zero-order valence-electron chi connectivity index (χ0n) is 21.9. The number of aromatic hydroxyl groups is 2. The number of nitrogens with zero attached hydrogens (tertiary/aromatic N) is 2. The van der Waals surface area contributed by atoms with Crippen LogP contribution in [-0.4, -0.2) is 45.7 Å². The fourth-order valence-electron chi connectivity index (χ4n) is 5.14. The Morgan fingerprint density at radius 3 is 2.28 bits per heavy atom. The lowest BCUT2D eigenvalue weighted by molar-refractivity contribution is 0.0919. The predicted molar refractivity (Wildman–Crippen MR) is 145 cm³/mol. The molecule has 2 aromatic carbocycles. The minimum absolute atomic E-state index is 0.00294. The molecule has 0 aliphatic heterocycles. The Hall–Kier alpha value is -3.25. The van der Waals surface area contributed by atoms with E-state index in [2.05, 4.69) is 34.5 Å². The molecule has 192 valence electrons. The number of carbonyl (C=O) groups excluding carboxylic acids is 1. The van der Waals surface area contributed by atoms with Gasteiger partial charge in [0, 0.05) is 30.8 Å². The number of amides is 1. The van der Waals surface area contributed by atoms with E-state index in [1.807, 2.05) is 50.7 Å². The first-order valence-electron chi connectivity index (χ1n) is 13.0. The van der Waals surface area contributed by atoms with E-state index in [9.17, 15) is 15.0 Å². The molecular formula is C30H39N3O3. The highest BCUT2D eigenvalue weighted by atomic mass is 16.3. The molecule has 1 aromatic heterocycles. The molecule has 1 aliphatic carbocycles. The lowest BCUT2D eigenvalue weighted by Crippen LogP contribution is -2.37. The topological polar surface area (TPSA) is 77.7 Å². The summed E-state index contributed by atoms with van der Waals surface area (Å²) in [6, 6.07) is 15.6. The molecule has 0 unspecified atom stereocenters. The number of hydrogen-bond donors (Lipinski definition) is 3. The highest BCUT2D eigenvalue weighted by Gasteiger charge is 2.23. The number of nitrogens with one attached hydrogen (secondary N) is 1. The van der Waals surface area contributed by atoms with Gasteiger partial charge in [0.2, 0.25) is 0 Å². The van der Waals surface area contributed by atoms with E-state index < -0.39 is 0 Å². The maximum atomic E-state index is 13.4. The molecule has 1 fully saturated rings. The lowest BCUT2D eigenvalue weighted by atomic mass is 9.95. The van der Waals surface area contributed by atoms with Crippen molar-refractivity contribution in [2.75, 3.05) is 14.1 Å². The van der Waals surface area contributed by atoms with E-state index in [1.54, 1.807) is 0 Å². The Morgan fingerprint density at radius 1 is 0.972 bits per heavy atom.